The van der Waals surface area contributed by atoms with Crippen LogP contribution >= 0.6 is 11.6 Å². The van der Waals surface area contributed by atoms with Crippen LogP contribution in [0.5, 0.6) is 0 Å². The Bertz CT molecular complexity index is 724. The van der Waals surface area contributed by atoms with E-state index < -0.39 is 17.9 Å². The highest BCUT2D eigenvalue weighted by Crippen LogP contribution is 2.17. The van der Waals surface area contributed by atoms with Gasteiger partial charge >= 0.3 is 12.1 Å². The summed E-state index contributed by atoms with van der Waals surface area (Å²) in [5.74, 6) is -1.19. The first-order valence-corrected chi connectivity index (χ1v) is 8.82. The van der Waals surface area contributed by atoms with E-state index in [9.17, 15) is 14.7 Å². The Hall–Kier alpha value is -2.54. The summed E-state index contributed by atoms with van der Waals surface area (Å²) < 4.78 is 9.72. The third-order valence-corrected chi connectivity index (χ3v) is 3.61. The Morgan fingerprint density at radius 1 is 1.19 bits per heavy atom. The SMILES string of the molecule is COC(=O)CC(=NC(O)=C(NC(=O)OC(C)C)C(C)C)c1ccc(Cl)cc1. The second-order valence-corrected chi connectivity index (χ2v) is 6.73. The first-order valence-electron chi connectivity index (χ1n) is 8.45. The van der Waals surface area contributed by atoms with Gasteiger partial charge < -0.3 is 14.6 Å². The third-order valence-electron chi connectivity index (χ3n) is 3.36. The standard InChI is InChI=1S/C19H25ClN2O5/c1-11(2)17(22-19(25)27-12(3)4)18(24)21-15(10-16(23)26-5)13-6-8-14(20)9-7-13/h6-9,11-12,24H,10H2,1-5H3,(H,22,25). The summed E-state index contributed by atoms with van der Waals surface area (Å²) in [6.45, 7) is 6.98. The molecule has 0 bridgehead atoms. The third kappa shape index (κ3) is 7.70. The molecule has 0 aliphatic heterocycles. The summed E-state index contributed by atoms with van der Waals surface area (Å²) in [5.41, 5.74) is 1.04. The number of aliphatic hydroxyl groups is 1. The molecule has 0 saturated carbocycles. The van der Waals surface area contributed by atoms with Crippen molar-refractivity contribution in [1.29, 1.82) is 0 Å². The number of aliphatic imine (C=N–C) groups is 1. The molecule has 1 aromatic rings. The van der Waals surface area contributed by atoms with Crippen molar-refractivity contribution in [3.05, 3.63) is 46.4 Å². The van der Waals surface area contributed by atoms with Crippen LogP contribution in [0, 0.1) is 5.92 Å². The fourth-order valence-electron chi connectivity index (χ4n) is 2.06. The molecule has 1 rings (SSSR count). The van der Waals surface area contributed by atoms with Crippen molar-refractivity contribution in [2.45, 2.75) is 40.2 Å². The summed E-state index contributed by atoms with van der Waals surface area (Å²) in [4.78, 5) is 27.8. The summed E-state index contributed by atoms with van der Waals surface area (Å²) in [5, 5.41) is 13.5. The maximum atomic E-state index is 11.9. The molecule has 0 spiro atoms. The topological polar surface area (TPSA) is 97.2 Å². The minimum absolute atomic E-state index is 0.163. The van der Waals surface area contributed by atoms with Crippen LogP contribution in [0.4, 0.5) is 4.79 Å². The number of allylic oxidation sites excluding steroid dienone is 1. The lowest BCUT2D eigenvalue weighted by Gasteiger charge is -2.16. The second-order valence-electron chi connectivity index (χ2n) is 6.29. The number of rotatable bonds is 7. The number of esters is 1. The number of hydrogen-bond donors (Lipinski definition) is 2. The van der Waals surface area contributed by atoms with Crippen molar-refractivity contribution < 1.29 is 24.2 Å². The summed E-state index contributed by atoms with van der Waals surface area (Å²) in [7, 11) is 1.26. The van der Waals surface area contributed by atoms with Gasteiger partial charge in [-0.3, -0.25) is 10.1 Å². The highest BCUT2D eigenvalue weighted by Gasteiger charge is 2.18. The number of amides is 1. The van der Waals surface area contributed by atoms with Crippen LogP contribution < -0.4 is 5.32 Å². The van der Waals surface area contributed by atoms with Gasteiger partial charge in [0.25, 0.3) is 0 Å². The van der Waals surface area contributed by atoms with Gasteiger partial charge in [-0.1, -0.05) is 37.6 Å². The van der Waals surface area contributed by atoms with Gasteiger partial charge in [0.2, 0.25) is 5.88 Å². The number of benzene rings is 1. The molecule has 0 aromatic heterocycles. The minimum Gasteiger partial charge on any atom is -0.492 e. The van der Waals surface area contributed by atoms with Crippen molar-refractivity contribution in [1.82, 2.24) is 5.32 Å². The number of carbonyl (C=O) groups is 2. The Labute approximate surface area is 164 Å². The number of aliphatic hydroxyl groups excluding tert-OH is 1. The number of hydrogen-bond acceptors (Lipinski definition) is 6. The zero-order valence-corrected chi connectivity index (χ0v) is 16.8. The number of halogens is 1. The first-order chi connectivity index (χ1) is 12.6. The zero-order valence-electron chi connectivity index (χ0n) is 16.1. The molecular formula is C19H25ClN2O5. The van der Waals surface area contributed by atoms with Gasteiger partial charge in [0.15, 0.2) is 0 Å². The molecule has 0 unspecified atom stereocenters. The van der Waals surface area contributed by atoms with E-state index in [-0.39, 0.29) is 29.9 Å². The van der Waals surface area contributed by atoms with Crippen molar-refractivity contribution in [3.8, 4) is 0 Å². The van der Waals surface area contributed by atoms with Crippen molar-refractivity contribution in [2.75, 3.05) is 7.11 Å². The van der Waals surface area contributed by atoms with Gasteiger partial charge in [0.1, 0.15) is 0 Å². The summed E-state index contributed by atoms with van der Waals surface area (Å²) in [6, 6.07) is 6.64. The van der Waals surface area contributed by atoms with Crippen LogP contribution in [0.25, 0.3) is 0 Å². The summed E-state index contributed by atoms with van der Waals surface area (Å²) >= 11 is 5.89. The minimum atomic E-state index is -0.698. The largest absolute Gasteiger partial charge is 0.492 e. The maximum absolute atomic E-state index is 11.9. The molecule has 0 aliphatic rings. The molecule has 0 atom stereocenters. The predicted octanol–water partition coefficient (Wildman–Crippen LogP) is 4.21. The van der Waals surface area contributed by atoms with E-state index in [2.05, 4.69) is 10.3 Å². The second kappa shape index (κ2) is 10.6. The molecule has 2 N–H and O–H groups in total. The first kappa shape index (κ1) is 22.5. The monoisotopic (exact) mass is 396 g/mol. The molecule has 0 radical (unpaired) electrons. The quantitative estimate of drug-likeness (QED) is 0.408. The fourth-order valence-corrected chi connectivity index (χ4v) is 2.18. The molecule has 27 heavy (non-hydrogen) atoms. The number of ether oxygens (including phenoxy) is 2. The summed E-state index contributed by atoms with van der Waals surface area (Å²) in [6.07, 6.45) is -1.17. The number of nitrogens with one attached hydrogen (secondary N) is 1. The van der Waals surface area contributed by atoms with Gasteiger partial charge in [0, 0.05) is 5.02 Å². The number of carbonyl (C=O) groups excluding carboxylic acids is 2. The van der Waals surface area contributed by atoms with E-state index in [1.54, 1.807) is 52.0 Å². The van der Waals surface area contributed by atoms with Gasteiger partial charge in [-0.15, -0.1) is 0 Å². The molecule has 1 aromatic carbocycles. The molecular weight excluding hydrogens is 372 g/mol. The Balaban J connectivity index is 3.29. The number of methoxy groups -OCH3 is 1. The van der Waals surface area contributed by atoms with Gasteiger partial charge in [-0.05, 0) is 37.5 Å². The average Bonchev–Trinajstić information content (AvgIpc) is 2.58. The Morgan fingerprint density at radius 3 is 2.26 bits per heavy atom. The average molecular weight is 397 g/mol. The smallest absolute Gasteiger partial charge is 0.411 e. The number of alkyl carbamates (subject to hydrolysis) is 1. The van der Waals surface area contributed by atoms with E-state index in [1.807, 2.05) is 0 Å². The molecule has 0 aliphatic carbocycles. The lowest BCUT2D eigenvalue weighted by Crippen LogP contribution is -2.29. The van der Waals surface area contributed by atoms with Gasteiger partial charge in [0.05, 0.1) is 31.0 Å². The zero-order chi connectivity index (χ0) is 20.6. The van der Waals surface area contributed by atoms with Crippen molar-refractivity contribution in [3.63, 3.8) is 0 Å². The normalized spacial score (nSPS) is 12.7. The maximum Gasteiger partial charge on any atom is 0.411 e. The van der Waals surface area contributed by atoms with Crippen LogP contribution in [0.15, 0.2) is 40.8 Å². The van der Waals surface area contributed by atoms with Crippen LogP contribution in [-0.2, 0) is 14.3 Å². The highest BCUT2D eigenvalue weighted by atomic mass is 35.5. The Morgan fingerprint density at radius 2 is 1.78 bits per heavy atom. The molecule has 1 amide bonds. The van der Waals surface area contributed by atoms with Crippen molar-refractivity contribution in [2.24, 2.45) is 10.9 Å². The van der Waals surface area contributed by atoms with Gasteiger partial charge in [-0.2, -0.15) is 0 Å². The van der Waals surface area contributed by atoms with E-state index in [0.717, 1.165) is 0 Å². The number of nitrogens with zero attached hydrogens (tertiary/aromatic N) is 1. The molecule has 0 fully saturated rings. The fraction of sp³-hybridized carbons (Fsp3) is 0.421. The van der Waals surface area contributed by atoms with E-state index in [0.29, 0.717) is 10.6 Å². The van der Waals surface area contributed by atoms with E-state index in [1.165, 1.54) is 7.11 Å². The van der Waals surface area contributed by atoms with Crippen LogP contribution in [0.2, 0.25) is 5.02 Å². The predicted molar refractivity (Wildman–Crippen MR) is 104 cm³/mol. The van der Waals surface area contributed by atoms with Gasteiger partial charge in [-0.25, -0.2) is 9.79 Å². The lowest BCUT2D eigenvalue weighted by molar-refractivity contribution is -0.139. The van der Waals surface area contributed by atoms with E-state index >= 15 is 0 Å². The Kier molecular flexibility index (Phi) is 8.81. The van der Waals surface area contributed by atoms with Crippen LogP contribution in [0.3, 0.4) is 0 Å². The lowest BCUT2D eigenvalue weighted by atomic mass is 10.1. The molecule has 7 nitrogen and oxygen atoms in total. The van der Waals surface area contributed by atoms with E-state index in [4.69, 9.17) is 21.1 Å². The molecule has 148 valence electrons. The molecule has 0 saturated heterocycles. The molecule has 0 heterocycles. The van der Waals surface area contributed by atoms with Crippen LogP contribution in [0.1, 0.15) is 39.7 Å². The van der Waals surface area contributed by atoms with Crippen LogP contribution in [-0.4, -0.2) is 36.1 Å². The van der Waals surface area contributed by atoms with Crippen molar-refractivity contribution >= 4 is 29.4 Å². The highest BCUT2D eigenvalue weighted by molar-refractivity contribution is 6.30. The molecule has 8 heteroatoms.